The fourth-order valence-electron chi connectivity index (χ4n) is 2.53. The SMILES string of the molecule is Cc1cc(C)n(-c2cc(NCCNC(=O)Nc3cccc(Cl)c3)ncn2)n1. The maximum atomic E-state index is 11.9. The molecule has 3 N–H and O–H groups in total. The highest BCUT2D eigenvalue weighted by atomic mass is 35.5. The second kappa shape index (κ2) is 8.50. The molecule has 0 radical (unpaired) electrons. The van der Waals surface area contributed by atoms with E-state index < -0.39 is 0 Å². The summed E-state index contributed by atoms with van der Waals surface area (Å²) in [6.07, 6.45) is 1.48. The standard InChI is InChI=1S/C18H20ClN7O/c1-12-8-13(2)26(25-12)17-10-16(22-11-23-17)20-6-7-21-18(27)24-15-5-3-4-14(19)9-15/h3-5,8-11H,6-7H2,1-2H3,(H,20,22,23)(H2,21,24,27). The molecule has 9 heteroatoms. The molecule has 0 aliphatic rings. The summed E-state index contributed by atoms with van der Waals surface area (Å²) in [4.78, 5) is 20.3. The fourth-order valence-corrected chi connectivity index (χ4v) is 2.72. The molecular weight excluding hydrogens is 366 g/mol. The zero-order valence-corrected chi connectivity index (χ0v) is 15.8. The summed E-state index contributed by atoms with van der Waals surface area (Å²) in [7, 11) is 0. The molecular formula is C18H20ClN7O. The van der Waals surface area contributed by atoms with Crippen molar-refractivity contribution in [3.8, 4) is 5.82 Å². The summed E-state index contributed by atoms with van der Waals surface area (Å²) in [6, 6.07) is 10.5. The van der Waals surface area contributed by atoms with Gasteiger partial charge < -0.3 is 16.0 Å². The van der Waals surface area contributed by atoms with Crippen LogP contribution >= 0.6 is 11.6 Å². The number of hydrogen-bond acceptors (Lipinski definition) is 5. The van der Waals surface area contributed by atoms with E-state index in [9.17, 15) is 4.79 Å². The lowest BCUT2D eigenvalue weighted by Crippen LogP contribution is -2.32. The van der Waals surface area contributed by atoms with Gasteiger partial charge in [-0.25, -0.2) is 19.4 Å². The highest BCUT2D eigenvalue weighted by Gasteiger charge is 2.06. The van der Waals surface area contributed by atoms with E-state index in [-0.39, 0.29) is 6.03 Å². The summed E-state index contributed by atoms with van der Waals surface area (Å²) >= 11 is 5.89. The zero-order valence-electron chi connectivity index (χ0n) is 15.0. The first kappa shape index (κ1) is 18.7. The number of aromatic nitrogens is 4. The van der Waals surface area contributed by atoms with E-state index in [1.165, 1.54) is 6.33 Å². The summed E-state index contributed by atoms with van der Waals surface area (Å²) < 4.78 is 1.76. The first-order valence-electron chi connectivity index (χ1n) is 8.41. The number of carbonyl (C=O) groups is 1. The normalized spacial score (nSPS) is 10.5. The third-order valence-electron chi connectivity index (χ3n) is 3.68. The molecule has 0 saturated heterocycles. The number of carbonyl (C=O) groups excluding carboxylic acids is 1. The fraction of sp³-hybridized carbons (Fsp3) is 0.222. The molecule has 27 heavy (non-hydrogen) atoms. The van der Waals surface area contributed by atoms with Crippen molar-refractivity contribution in [3.63, 3.8) is 0 Å². The van der Waals surface area contributed by atoms with E-state index in [1.807, 2.05) is 26.0 Å². The van der Waals surface area contributed by atoms with Gasteiger partial charge >= 0.3 is 6.03 Å². The van der Waals surface area contributed by atoms with Gasteiger partial charge in [0.2, 0.25) is 0 Å². The van der Waals surface area contributed by atoms with Gasteiger partial charge in [-0.1, -0.05) is 17.7 Å². The number of amides is 2. The molecule has 2 heterocycles. The number of halogens is 1. The smallest absolute Gasteiger partial charge is 0.319 e. The zero-order chi connectivity index (χ0) is 19.2. The highest BCUT2D eigenvalue weighted by molar-refractivity contribution is 6.30. The quantitative estimate of drug-likeness (QED) is 0.566. The van der Waals surface area contributed by atoms with Crippen molar-refractivity contribution in [3.05, 3.63) is 59.1 Å². The second-order valence-electron chi connectivity index (χ2n) is 5.92. The third kappa shape index (κ3) is 5.18. The van der Waals surface area contributed by atoms with Crippen molar-refractivity contribution in [2.45, 2.75) is 13.8 Å². The van der Waals surface area contributed by atoms with Crippen LogP contribution in [-0.2, 0) is 0 Å². The van der Waals surface area contributed by atoms with E-state index in [0.29, 0.717) is 35.4 Å². The van der Waals surface area contributed by atoms with E-state index in [4.69, 9.17) is 11.6 Å². The van der Waals surface area contributed by atoms with Crippen LogP contribution < -0.4 is 16.0 Å². The molecule has 0 bridgehead atoms. The molecule has 3 rings (SSSR count). The van der Waals surface area contributed by atoms with Crippen LogP contribution in [0.5, 0.6) is 0 Å². The summed E-state index contributed by atoms with van der Waals surface area (Å²) in [5, 5.41) is 13.6. The lowest BCUT2D eigenvalue weighted by atomic mass is 10.3. The lowest BCUT2D eigenvalue weighted by molar-refractivity contribution is 0.252. The van der Waals surface area contributed by atoms with E-state index >= 15 is 0 Å². The molecule has 0 saturated carbocycles. The predicted octanol–water partition coefficient (Wildman–Crippen LogP) is 3.17. The van der Waals surface area contributed by atoms with Gasteiger partial charge in [-0.3, -0.25) is 0 Å². The largest absolute Gasteiger partial charge is 0.368 e. The Labute approximate surface area is 162 Å². The molecule has 1 aromatic carbocycles. The van der Waals surface area contributed by atoms with Crippen LogP contribution in [0, 0.1) is 13.8 Å². The minimum atomic E-state index is -0.301. The van der Waals surface area contributed by atoms with Gasteiger partial charge in [0.25, 0.3) is 0 Å². The van der Waals surface area contributed by atoms with Crippen LogP contribution in [0.1, 0.15) is 11.4 Å². The molecule has 0 aliphatic heterocycles. The van der Waals surface area contributed by atoms with Crippen molar-refractivity contribution in [1.29, 1.82) is 0 Å². The minimum absolute atomic E-state index is 0.301. The van der Waals surface area contributed by atoms with E-state index in [1.54, 1.807) is 28.9 Å². The van der Waals surface area contributed by atoms with Crippen molar-refractivity contribution in [2.24, 2.45) is 0 Å². The Morgan fingerprint density at radius 2 is 2.00 bits per heavy atom. The van der Waals surface area contributed by atoms with Gasteiger partial charge in [-0.15, -0.1) is 0 Å². The number of anilines is 2. The van der Waals surface area contributed by atoms with Gasteiger partial charge in [0.1, 0.15) is 12.1 Å². The van der Waals surface area contributed by atoms with Gasteiger partial charge in [0.15, 0.2) is 5.82 Å². The molecule has 140 valence electrons. The van der Waals surface area contributed by atoms with Crippen molar-refractivity contribution >= 4 is 29.1 Å². The van der Waals surface area contributed by atoms with Gasteiger partial charge in [0, 0.05) is 35.6 Å². The molecule has 0 atom stereocenters. The number of benzene rings is 1. The van der Waals surface area contributed by atoms with Crippen LogP contribution in [0.3, 0.4) is 0 Å². The van der Waals surface area contributed by atoms with Gasteiger partial charge in [0.05, 0.1) is 5.69 Å². The Morgan fingerprint density at radius 1 is 1.15 bits per heavy atom. The van der Waals surface area contributed by atoms with E-state index in [0.717, 1.165) is 11.4 Å². The van der Waals surface area contributed by atoms with Crippen LogP contribution in [0.15, 0.2) is 42.7 Å². The molecule has 8 nitrogen and oxygen atoms in total. The summed E-state index contributed by atoms with van der Waals surface area (Å²) in [5.41, 5.74) is 2.56. The molecule has 0 spiro atoms. The highest BCUT2D eigenvalue weighted by Crippen LogP contribution is 2.14. The van der Waals surface area contributed by atoms with Crippen molar-refractivity contribution < 1.29 is 4.79 Å². The Hall–Kier alpha value is -3.13. The van der Waals surface area contributed by atoms with Crippen molar-refractivity contribution in [1.82, 2.24) is 25.1 Å². The first-order valence-corrected chi connectivity index (χ1v) is 8.79. The maximum Gasteiger partial charge on any atom is 0.319 e. The van der Waals surface area contributed by atoms with Crippen LogP contribution in [0.2, 0.25) is 5.02 Å². The number of nitrogens with one attached hydrogen (secondary N) is 3. The third-order valence-corrected chi connectivity index (χ3v) is 3.91. The molecule has 0 aliphatic carbocycles. The number of rotatable bonds is 6. The molecule has 0 unspecified atom stereocenters. The Bertz CT molecular complexity index is 941. The molecule has 3 aromatic rings. The Morgan fingerprint density at radius 3 is 2.74 bits per heavy atom. The van der Waals surface area contributed by atoms with Crippen LogP contribution in [0.25, 0.3) is 5.82 Å². The first-order chi connectivity index (χ1) is 13.0. The second-order valence-corrected chi connectivity index (χ2v) is 6.35. The average Bonchev–Trinajstić information content (AvgIpc) is 2.97. The monoisotopic (exact) mass is 385 g/mol. The van der Waals surface area contributed by atoms with Crippen molar-refractivity contribution in [2.75, 3.05) is 23.7 Å². The summed E-state index contributed by atoms with van der Waals surface area (Å²) in [6.45, 7) is 4.84. The maximum absolute atomic E-state index is 11.9. The van der Waals surface area contributed by atoms with Gasteiger partial charge in [-0.05, 0) is 38.1 Å². The van der Waals surface area contributed by atoms with Crippen LogP contribution in [-0.4, -0.2) is 38.9 Å². The predicted molar refractivity (Wildman–Crippen MR) is 106 cm³/mol. The van der Waals surface area contributed by atoms with Crippen LogP contribution in [0.4, 0.5) is 16.3 Å². The molecule has 2 amide bonds. The lowest BCUT2D eigenvalue weighted by Gasteiger charge is -2.10. The Kier molecular flexibility index (Phi) is 5.87. The average molecular weight is 386 g/mol. The molecule has 0 fully saturated rings. The van der Waals surface area contributed by atoms with E-state index in [2.05, 4.69) is 31.0 Å². The number of urea groups is 1. The van der Waals surface area contributed by atoms with Gasteiger partial charge in [-0.2, -0.15) is 5.10 Å². The summed E-state index contributed by atoms with van der Waals surface area (Å²) in [5.74, 6) is 1.34. The number of nitrogens with zero attached hydrogens (tertiary/aromatic N) is 4. The number of hydrogen-bond donors (Lipinski definition) is 3. The number of aryl methyl sites for hydroxylation is 2. The topological polar surface area (TPSA) is 96.8 Å². The minimum Gasteiger partial charge on any atom is -0.368 e. The molecule has 2 aromatic heterocycles. The Balaban J connectivity index is 1.48.